The zero-order valence-corrected chi connectivity index (χ0v) is 22.0. The van der Waals surface area contributed by atoms with Crippen molar-refractivity contribution in [3.05, 3.63) is 46.2 Å². The highest BCUT2D eigenvalue weighted by atomic mass is 32.2. The normalized spacial score (nSPS) is 12.4. The summed E-state index contributed by atoms with van der Waals surface area (Å²) in [6.45, 7) is 15.3. The molecule has 0 saturated carbocycles. The van der Waals surface area contributed by atoms with Crippen molar-refractivity contribution in [3.8, 4) is 5.75 Å². The molecule has 1 atom stereocenters. The van der Waals surface area contributed by atoms with Crippen LogP contribution in [0.15, 0.2) is 29.4 Å². The summed E-state index contributed by atoms with van der Waals surface area (Å²) in [5.74, 6) is 2.50. The smallest absolute Gasteiger partial charge is 0.236 e. The van der Waals surface area contributed by atoms with E-state index in [-0.39, 0.29) is 17.8 Å². The van der Waals surface area contributed by atoms with Gasteiger partial charge in [0.1, 0.15) is 5.75 Å². The Labute approximate surface area is 204 Å². The molecule has 1 N–H and O–H groups in total. The van der Waals surface area contributed by atoms with Crippen molar-refractivity contribution in [2.75, 3.05) is 11.1 Å². The molecule has 9 heteroatoms. The van der Waals surface area contributed by atoms with Crippen LogP contribution in [0.2, 0.25) is 0 Å². The van der Waals surface area contributed by atoms with E-state index in [0.29, 0.717) is 22.1 Å². The van der Waals surface area contributed by atoms with E-state index in [0.717, 1.165) is 28.7 Å². The first-order valence-electron chi connectivity index (χ1n) is 11.2. The van der Waals surface area contributed by atoms with Crippen LogP contribution in [-0.4, -0.2) is 31.4 Å². The predicted molar refractivity (Wildman–Crippen MR) is 135 cm³/mol. The van der Waals surface area contributed by atoms with Crippen molar-refractivity contribution in [2.45, 2.75) is 72.2 Å². The summed E-state index contributed by atoms with van der Waals surface area (Å²) in [6.07, 6.45) is -0.277. The minimum absolute atomic E-state index is 0.107. The molecular formula is C24H33N5O2S2. The van der Waals surface area contributed by atoms with Crippen LogP contribution in [-0.2, 0) is 11.3 Å². The molecule has 1 amide bonds. The van der Waals surface area contributed by atoms with Crippen LogP contribution in [0.1, 0.15) is 68.6 Å². The van der Waals surface area contributed by atoms with Gasteiger partial charge in [-0.25, -0.2) is 4.98 Å². The highest BCUT2D eigenvalue weighted by molar-refractivity contribution is 7.99. The first-order valence-corrected chi connectivity index (χ1v) is 13.0. The molecule has 2 aromatic heterocycles. The maximum Gasteiger partial charge on any atom is 0.236 e. The molecule has 178 valence electrons. The number of hydrogen-bond acceptors (Lipinski definition) is 7. The number of anilines is 1. The van der Waals surface area contributed by atoms with Gasteiger partial charge in [-0.05, 0) is 44.2 Å². The number of thiazole rings is 1. The van der Waals surface area contributed by atoms with Gasteiger partial charge >= 0.3 is 0 Å². The molecular weight excluding hydrogens is 454 g/mol. The number of para-hydroxylation sites is 1. The molecule has 7 nitrogen and oxygen atoms in total. The SMILES string of the molecule is Cc1nc(NC(=O)CSc2nnc(C(C)Oc3ccccc3C(C)C)n2CC(C)C)sc1C. The topological polar surface area (TPSA) is 81.9 Å². The van der Waals surface area contributed by atoms with Gasteiger partial charge in [-0.2, -0.15) is 0 Å². The van der Waals surface area contributed by atoms with E-state index in [1.165, 1.54) is 28.7 Å². The number of amides is 1. The Morgan fingerprint density at radius 3 is 2.52 bits per heavy atom. The van der Waals surface area contributed by atoms with Gasteiger partial charge in [0.2, 0.25) is 5.91 Å². The van der Waals surface area contributed by atoms with Crippen molar-refractivity contribution in [3.63, 3.8) is 0 Å². The number of rotatable bonds is 10. The van der Waals surface area contributed by atoms with Gasteiger partial charge in [-0.15, -0.1) is 21.5 Å². The third kappa shape index (κ3) is 6.57. The van der Waals surface area contributed by atoms with Crippen LogP contribution >= 0.6 is 23.1 Å². The third-order valence-corrected chi connectivity index (χ3v) is 7.06. The van der Waals surface area contributed by atoms with Crippen molar-refractivity contribution >= 4 is 34.1 Å². The molecule has 0 aliphatic heterocycles. The predicted octanol–water partition coefficient (Wildman–Crippen LogP) is 6.00. The lowest BCUT2D eigenvalue weighted by Gasteiger charge is -2.20. The van der Waals surface area contributed by atoms with Gasteiger partial charge in [0, 0.05) is 11.4 Å². The van der Waals surface area contributed by atoms with Gasteiger partial charge in [0.25, 0.3) is 0 Å². The second-order valence-corrected chi connectivity index (χ2v) is 10.9. The zero-order valence-electron chi connectivity index (χ0n) is 20.4. The van der Waals surface area contributed by atoms with Gasteiger partial charge in [0.15, 0.2) is 22.2 Å². The highest BCUT2D eigenvalue weighted by Crippen LogP contribution is 2.31. The van der Waals surface area contributed by atoms with Crippen LogP contribution < -0.4 is 10.1 Å². The number of benzene rings is 1. The third-order valence-electron chi connectivity index (χ3n) is 5.11. The molecule has 0 saturated heterocycles. The lowest BCUT2D eigenvalue weighted by Crippen LogP contribution is -2.17. The summed E-state index contributed by atoms with van der Waals surface area (Å²) in [5.41, 5.74) is 2.11. The number of carbonyl (C=O) groups excluding carboxylic acids is 1. The van der Waals surface area contributed by atoms with Crippen molar-refractivity contribution < 1.29 is 9.53 Å². The monoisotopic (exact) mass is 487 g/mol. The van der Waals surface area contributed by atoms with E-state index >= 15 is 0 Å². The Kier molecular flexibility index (Phi) is 8.53. The zero-order chi connectivity index (χ0) is 24.1. The summed E-state index contributed by atoms with van der Waals surface area (Å²) >= 11 is 2.86. The summed E-state index contributed by atoms with van der Waals surface area (Å²) in [7, 11) is 0. The van der Waals surface area contributed by atoms with Gasteiger partial charge in [-0.3, -0.25) is 4.79 Å². The quantitative estimate of drug-likeness (QED) is 0.353. The Hall–Kier alpha value is -2.39. The Balaban J connectivity index is 1.73. The average Bonchev–Trinajstić information content (AvgIpc) is 3.28. The molecule has 0 fully saturated rings. The molecule has 0 radical (unpaired) electrons. The van der Waals surface area contributed by atoms with E-state index in [1.807, 2.05) is 39.0 Å². The second kappa shape index (κ2) is 11.2. The van der Waals surface area contributed by atoms with E-state index in [9.17, 15) is 4.79 Å². The fourth-order valence-corrected chi connectivity index (χ4v) is 4.95. The summed E-state index contributed by atoms with van der Waals surface area (Å²) in [6, 6.07) is 8.11. The molecule has 1 unspecified atom stereocenters. The Morgan fingerprint density at radius 1 is 1.15 bits per heavy atom. The minimum Gasteiger partial charge on any atom is -0.482 e. The minimum atomic E-state index is -0.277. The van der Waals surface area contributed by atoms with E-state index in [1.54, 1.807) is 0 Å². The number of nitrogens with zero attached hydrogens (tertiary/aromatic N) is 4. The van der Waals surface area contributed by atoms with Crippen molar-refractivity contribution in [1.82, 2.24) is 19.7 Å². The lowest BCUT2D eigenvalue weighted by atomic mass is 10.0. The van der Waals surface area contributed by atoms with Crippen LogP contribution in [0.25, 0.3) is 0 Å². The first-order chi connectivity index (χ1) is 15.7. The fraction of sp³-hybridized carbons (Fsp3) is 0.500. The van der Waals surface area contributed by atoms with Gasteiger partial charge in [-0.1, -0.05) is 57.7 Å². The van der Waals surface area contributed by atoms with Crippen LogP contribution in [0, 0.1) is 19.8 Å². The Morgan fingerprint density at radius 2 is 1.88 bits per heavy atom. The molecule has 0 aliphatic rings. The molecule has 3 aromatic rings. The number of ether oxygens (including phenoxy) is 1. The summed E-state index contributed by atoms with van der Waals surface area (Å²) in [4.78, 5) is 18.0. The number of aryl methyl sites for hydroxylation is 2. The molecule has 2 heterocycles. The molecule has 0 aliphatic carbocycles. The van der Waals surface area contributed by atoms with Crippen LogP contribution in [0.4, 0.5) is 5.13 Å². The number of aromatic nitrogens is 4. The first kappa shape index (κ1) is 25.2. The van der Waals surface area contributed by atoms with Crippen LogP contribution in [0.5, 0.6) is 5.75 Å². The molecule has 33 heavy (non-hydrogen) atoms. The van der Waals surface area contributed by atoms with E-state index in [2.05, 4.69) is 58.8 Å². The number of thioether (sulfide) groups is 1. The standard InChI is InChI=1S/C24H33N5O2S2/c1-14(2)12-29-22(17(6)31-20-11-9-8-10-19(20)15(3)4)27-28-24(29)32-13-21(30)26-23-25-16(5)18(7)33-23/h8-11,14-15,17H,12-13H2,1-7H3,(H,25,26,30). The highest BCUT2D eigenvalue weighted by Gasteiger charge is 2.22. The summed E-state index contributed by atoms with van der Waals surface area (Å²) in [5, 5.41) is 13.1. The van der Waals surface area contributed by atoms with Crippen molar-refractivity contribution in [2.24, 2.45) is 5.92 Å². The largest absolute Gasteiger partial charge is 0.482 e. The molecule has 0 spiro atoms. The molecule has 3 rings (SSSR count). The fourth-order valence-electron chi connectivity index (χ4n) is 3.36. The van der Waals surface area contributed by atoms with E-state index in [4.69, 9.17) is 4.74 Å². The second-order valence-electron chi connectivity index (χ2n) is 8.80. The Bertz CT molecular complexity index is 1070. The lowest BCUT2D eigenvalue weighted by molar-refractivity contribution is -0.113. The maximum atomic E-state index is 12.5. The number of nitrogens with one attached hydrogen (secondary N) is 1. The maximum absolute atomic E-state index is 12.5. The molecule has 1 aromatic carbocycles. The molecule has 0 bridgehead atoms. The van der Waals surface area contributed by atoms with Gasteiger partial charge < -0.3 is 14.6 Å². The summed E-state index contributed by atoms with van der Waals surface area (Å²) < 4.78 is 8.40. The van der Waals surface area contributed by atoms with Crippen molar-refractivity contribution in [1.29, 1.82) is 0 Å². The van der Waals surface area contributed by atoms with E-state index < -0.39 is 0 Å². The average molecular weight is 488 g/mol. The van der Waals surface area contributed by atoms with Gasteiger partial charge in [0.05, 0.1) is 11.4 Å². The number of carbonyl (C=O) groups is 1. The number of hydrogen-bond donors (Lipinski definition) is 1. The van der Waals surface area contributed by atoms with Crippen LogP contribution in [0.3, 0.4) is 0 Å².